The Labute approximate surface area is 178 Å². The molecule has 1 aliphatic carbocycles. The van der Waals surface area contributed by atoms with Crippen LogP contribution < -0.4 is 5.56 Å². The number of imidazole rings is 1. The molecule has 0 radical (unpaired) electrons. The van der Waals surface area contributed by atoms with Gasteiger partial charge in [-0.25, -0.2) is 4.98 Å². The lowest BCUT2D eigenvalue weighted by Gasteiger charge is -2.22. The number of hydrogen-bond acceptors (Lipinski definition) is 7. The first kappa shape index (κ1) is 19.9. The largest absolute Gasteiger partial charge is 0.383 e. The molecule has 1 unspecified atom stereocenters. The van der Waals surface area contributed by atoms with E-state index < -0.39 is 5.60 Å². The van der Waals surface area contributed by atoms with Crippen LogP contribution in [0.3, 0.4) is 0 Å². The Balaban J connectivity index is 1.73. The van der Waals surface area contributed by atoms with Crippen LogP contribution in [0.5, 0.6) is 0 Å². The second kappa shape index (κ2) is 7.58. The minimum atomic E-state index is -0.555. The normalized spacial score (nSPS) is 17.0. The van der Waals surface area contributed by atoms with E-state index in [1.807, 2.05) is 31.2 Å². The number of methoxy groups -OCH3 is 2. The molecule has 9 nitrogen and oxygen atoms in total. The summed E-state index contributed by atoms with van der Waals surface area (Å²) in [7, 11) is 3.30. The maximum Gasteiger partial charge on any atom is 0.278 e. The molecule has 1 aliphatic rings. The van der Waals surface area contributed by atoms with Gasteiger partial charge in [0.25, 0.3) is 11.4 Å². The summed E-state index contributed by atoms with van der Waals surface area (Å²) in [5, 5.41) is 4.16. The number of nitrogens with zero attached hydrogens (tertiary/aromatic N) is 5. The van der Waals surface area contributed by atoms with Crippen molar-refractivity contribution in [2.24, 2.45) is 0 Å². The third-order valence-electron chi connectivity index (χ3n) is 6.27. The lowest BCUT2D eigenvalue weighted by Crippen LogP contribution is -2.28. The summed E-state index contributed by atoms with van der Waals surface area (Å²) in [6.45, 7) is 2.37. The molecular weight excluding hydrogens is 398 g/mol. The van der Waals surface area contributed by atoms with E-state index in [9.17, 15) is 4.79 Å². The van der Waals surface area contributed by atoms with Crippen LogP contribution in [-0.2, 0) is 15.1 Å². The number of ether oxygens (including phenoxy) is 2. The van der Waals surface area contributed by atoms with Crippen LogP contribution in [0.4, 0.5) is 0 Å². The van der Waals surface area contributed by atoms with E-state index >= 15 is 0 Å². The Hall–Kier alpha value is -3.04. The summed E-state index contributed by atoms with van der Waals surface area (Å²) in [5.41, 5.74) is 1.75. The van der Waals surface area contributed by atoms with E-state index in [0.717, 1.165) is 36.7 Å². The summed E-state index contributed by atoms with van der Waals surface area (Å²) in [6.07, 6.45) is 5.40. The van der Waals surface area contributed by atoms with Gasteiger partial charge in [-0.1, -0.05) is 17.3 Å². The van der Waals surface area contributed by atoms with Gasteiger partial charge in [-0.15, -0.1) is 0 Å². The molecule has 0 spiro atoms. The van der Waals surface area contributed by atoms with E-state index in [2.05, 4.69) is 15.1 Å². The van der Waals surface area contributed by atoms with Crippen molar-refractivity contribution in [3.05, 3.63) is 46.8 Å². The van der Waals surface area contributed by atoms with Gasteiger partial charge in [0.2, 0.25) is 5.82 Å². The van der Waals surface area contributed by atoms with Gasteiger partial charge in [0.05, 0.1) is 23.7 Å². The summed E-state index contributed by atoms with van der Waals surface area (Å²) >= 11 is 0. The quantitative estimate of drug-likeness (QED) is 0.469. The highest BCUT2D eigenvalue weighted by Gasteiger charge is 2.41. The van der Waals surface area contributed by atoms with Gasteiger partial charge in [-0.3, -0.25) is 13.8 Å². The minimum Gasteiger partial charge on any atom is -0.383 e. The third kappa shape index (κ3) is 2.99. The first-order chi connectivity index (χ1) is 15.1. The second-order valence-corrected chi connectivity index (χ2v) is 8.11. The van der Waals surface area contributed by atoms with Crippen LogP contribution in [0, 0.1) is 0 Å². The molecule has 0 bridgehead atoms. The highest BCUT2D eigenvalue weighted by molar-refractivity contribution is 5.83. The Morgan fingerprint density at radius 1 is 1.19 bits per heavy atom. The van der Waals surface area contributed by atoms with Crippen LogP contribution in [0.15, 0.2) is 39.9 Å². The van der Waals surface area contributed by atoms with Crippen LogP contribution in [0.1, 0.15) is 44.5 Å². The summed E-state index contributed by atoms with van der Waals surface area (Å²) in [6, 6.07) is 7.58. The number of hydrogen-bond donors (Lipinski definition) is 0. The average Bonchev–Trinajstić information content (AvgIpc) is 3.53. The highest BCUT2D eigenvalue weighted by Crippen LogP contribution is 2.41. The van der Waals surface area contributed by atoms with Gasteiger partial charge in [0.1, 0.15) is 23.1 Å². The molecule has 9 heteroatoms. The van der Waals surface area contributed by atoms with Gasteiger partial charge < -0.3 is 14.0 Å². The van der Waals surface area contributed by atoms with Crippen molar-refractivity contribution in [3.8, 4) is 11.5 Å². The number of aromatic nitrogens is 5. The van der Waals surface area contributed by atoms with Crippen molar-refractivity contribution in [1.29, 1.82) is 0 Å². The van der Waals surface area contributed by atoms with Crippen LogP contribution in [0.2, 0.25) is 0 Å². The molecule has 1 fully saturated rings. The monoisotopic (exact) mass is 423 g/mol. The van der Waals surface area contributed by atoms with Gasteiger partial charge in [0.15, 0.2) is 0 Å². The molecule has 4 aromatic rings. The number of fused-ring (bicyclic) bond motifs is 3. The molecular formula is C22H25N5O4. The molecule has 0 N–H and O–H groups in total. The molecule has 162 valence electrons. The fraction of sp³-hybridized carbons (Fsp3) is 0.455. The first-order valence-corrected chi connectivity index (χ1v) is 10.5. The molecule has 3 aromatic heterocycles. The van der Waals surface area contributed by atoms with E-state index in [1.165, 1.54) is 0 Å². The molecule has 5 rings (SSSR count). The van der Waals surface area contributed by atoms with Crippen molar-refractivity contribution in [2.45, 2.75) is 44.2 Å². The second-order valence-electron chi connectivity index (χ2n) is 8.11. The lowest BCUT2D eigenvalue weighted by molar-refractivity contribution is -0.0342. The van der Waals surface area contributed by atoms with Crippen LogP contribution in [0.25, 0.3) is 28.1 Å². The predicted octanol–water partition coefficient (Wildman–Crippen LogP) is 3.32. The summed E-state index contributed by atoms with van der Waals surface area (Å²) in [4.78, 5) is 22.7. The van der Waals surface area contributed by atoms with Crippen molar-refractivity contribution in [1.82, 2.24) is 24.1 Å². The molecule has 0 saturated heterocycles. The highest BCUT2D eigenvalue weighted by atomic mass is 16.5. The smallest absolute Gasteiger partial charge is 0.278 e. The maximum absolute atomic E-state index is 13.6. The van der Waals surface area contributed by atoms with Gasteiger partial charge in [0, 0.05) is 14.2 Å². The topological polar surface area (TPSA) is 96.7 Å². The Kier molecular flexibility index (Phi) is 4.86. The fourth-order valence-corrected chi connectivity index (χ4v) is 4.70. The zero-order chi connectivity index (χ0) is 21.6. The van der Waals surface area contributed by atoms with Gasteiger partial charge >= 0.3 is 0 Å². The molecule has 3 heterocycles. The average molecular weight is 423 g/mol. The zero-order valence-corrected chi connectivity index (χ0v) is 17.9. The number of rotatable bonds is 6. The Bertz CT molecular complexity index is 1300. The molecule has 0 aliphatic heterocycles. The minimum absolute atomic E-state index is 0.161. The van der Waals surface area contributed by atoms with E-state index in [4.69, 9.17) is 14.0 Å². The van der Waals surface area contributed by atoms with Crippen LogP contribution >= 0.6 is 0 Å². The molecule has 0 amide bonds. The van der Waals surface area contributed by atoms with Crippen molar-refractivity contribution < 1.29 is 14.0 Å². The van der Waals surface area contributed by atoms with Crippen LogP contribution in [-0.4, -0.2) is 44.9 Å². The summed E-state index contributed by atoms with van der Waals surface area (Å²) in [5.74, 6) is 0.733. The number of benzene rings is 1. The zero-order valence-electron chi connectivity index (χ0n) is 17.9. The van der Waals surface area contributed by atoms with E-state index in [1.54, 1.807) is 29.5 Å². The van der Waals surface area contributed by atoms with E-state index in [0.29, 0.717) is 29.5 Å². The van der Waals surface area contributed by atoms with Crippen molar-refractivity contribution >= 4 is 16.6 Å². The van der Waals surface area contributed by atoms with Crippen molar-refractivity contribution in [2.75, 3.05) is 20.8 Å². The molecule has 1 saturated carbocycles. The third-order valence-corrected chi connectivity index (χ3v) is 6.27. The molecule has 1 atom stereocenters. The molecule has 1 aromatic carbocycles. The van der Waals surface area contributed by atoms with Gasteiger partial charge in [-0.05, 0) is 44.7 Å². The molecule has 31 heavy (non-hydrogen) atoms. The maximum atomic E-state index is 13.6. The fourth-order valence-electron chi connectivity index (χ4n) is 4.70. The Morgan fingerprint density at radius 2 is 1.94 bits per heavy atom. The summed E-state index contributed by atoms with van der Waals surface area (Å²) < 4.78 is 20.2. The van der Waals surface area contributed by atoms with Crippen molar-refractivity contribution in [3.63, 3.8) is 0 Å². The SMILES string of the molecule is COCC(C)n1c(=O)c2c(-c3noc(C4(OC)CCCC4)n3)ncn2c2ccccc21. The standard InChI is InChI=1S/C22H25N5O4/c1-14(12-29-2)27-16-9-5-4-8-15(16)26-13-23-17(18(26)20(27)28)19-24-21(31-25-19)22(30-3)10-6-7-11-22/h4-5,8-9,13-14H,6-7,10-12H2,1-3H3. The number of para-hydroxylation sites is 2. The van der Waals surface area contributed by atoms with Gasteiger partial charge in [-0.2, -0.15) is 4.98 Å². The van der Waals surface area contributed by atoms with E-state index in [-0.39, 0.29) is 11.6 Å². The first-order valence-electron chi connectivity index (χ1n) is 10.5. The Morgan fingerprint density at radius 3 is 2.65 bits per heavy atom. The lowest BCUT2D eigenvalue weighted by atomic mass is 10.0. The predicted molar refractivity (Wildman–Crippen MR) is 114 cm³/mol.